The second kappa shape index (κ2) is 5.11. The summed E-state index contributed by atoms with van der Waals surface area (Å²) in [5, 5.41) is 1.30. The number of fused-ring (bicyclic) bond motifs is 3. The Bertz CT molecular complexity index is 879. The molecule has 0 saturated carbocycles. The van der Waals surface area contributed by atoms with Gasteiger partial charge in [-0.3, -0.25) is 4.79 Å². The highest BCUT2D eigenvalue weighted by molar-refractivity contribution is 7.20. The van der Waals surface area contributed by atoms with Crippen LogP contribution in [0.1, 0.15) is 20.8 Å². The van der Waals surface area contributed by atoms with Crippen molar-refractivity contribution in [3.05, 3.63) is 77.2 Å². The number of thiophene rings is 1. The van der Waals surface area contributed by atoms with Crippen LogP contribution in [0, 0.1) is 0 Å². The Kier molecular flexibility index (Phi) is 3.09. The van der Waals surface area contributed by atoms with Gasteiger partial charge in [0.1, 0.15) is 0 Å². The summed E-state index contributed by atoms with van der Waals surface area (Å²) in [6.07, 6.45) is 0.886. The summed E-state index contributed by atoms with van der Waals surface area (Å²) < 4.78 is 1.27. The van der Waals surface area contributed by atoms with E-state index in [1.807, 2.05) is 35.2 Å². The molecule has 0 saturated heterocycles. The van der Waals surface area contributed by atoms with Crippen LogP contribution >= 0.6 is 11.3 Å². The number of hydrogen-bond acceptors (Lipinski definition) is 2. The third kappa shape index (κ3) is 1.97. The number of rotatable bonds is 1. The number of carbonyl (C=O) groups excluding carboxylic acids is 1. The first-order chi connectivity index (χ1) is 10.8. The first kappa shape index (κ1) is 13.3. The van der Waals surface area contributed by atoms with Gasteiger partial charge in [-0.05, 0) is 35.6 Å². The Morgan fingerprint density at radius 3 is 2.59 bits per heavy atom. The second-order valence-corrected chi connectivity index (χ2v) is 6.48. The molecule has 22 heavy (non-hydrogen) atoms. The van der Waals surface area contributed by atoms with E-state index >= 15 is 0 Å². The fourth-order valence-corrected chi connectivity index (χ4v) is 4.25. The van der Waals surface area contributed by atoms with E-state index in [2.05, 4.69) is 30.8 Å². The molecule has 1 aliphatic heterocycles. The van der Waals surface area contributed by atoms with E-state index < -0.39 is 0 Å². The van der Waals surface area contributed by atoms with Crippen LogP contribution < -0.4 is 0 Å². The Balaban J connectivity index is 1.75. The van der Waals surface area contributed by atoms with Gasteiger partial charge in [0.05, 0.1) is 10.6 Å². The van der Waals surface area contributed by atoms with Gasteiger partial charge in [0.2, 0.25) is 0 Å². The first-order valence-corrected chi connectivity index (χ1v) is 8.14. The predicted octanol–water partition coefficient (Wildman–Crippen LogP) is 4.57. The summed E-state index contributed by atoms with van der Waals surface area (Å²) in [7, 11) is 0. The quantitative estimate of drug-likeness (QED) is 0.645. The van der Waals surface area contributed by atoms with Gasteiger partial charge in [0, 0.05) is 16.8 Å². The minimum absolute atomic E-state index is 0.0358. The topological polar surface area (TPSA) is 20.3 Å². The van der Waals surface area contributed by atoms with Crippen molar-refractivity contribution in [2.45, 2.75) is 6.42 Å². The molecule has 2 heterocycles. The summed E-state index contributed by atoms with van der Waals surface area (Å²) in [6, 6.07) is 17.8. The molecule has 3 aromatic rings. The molecule has 0 N–H and O–H groups in total. The van der Waals surface area contributed by atoms with Crippen molar-refractivity contribution < 1.29 is 4.79 Å². The maximum Gasteiger partial charge on any atom is 0.258 e. The number of carbonyl (C=O) groups is 1. The van der Waals surface area contributed by atoms with E-state index in [9.17, 15) is 4.79 Å². The van der Waals surface area contributed by atoms with Gasteiger partial charge in [0.15, 0.2) is 0 Å². The lowest BCUT2D eigenvalue weighted by Crippen LogP contribution is -2.34. The largest absolute Gasteiger partial charge is 0.307 e. The molecule has 2 nitrogen and oxygen atoms in total. The lowest BCUT2D eigenvalue weighted by Gasteiger charge is -2.29. The van der Waals surface area contributed by atoms with Crippen LogP contribution in [0.25, 0.3) is 15.8 Å². The summed E-state index contributed by atoms with van der Waals surface area (Å²) in [5.74, 6) is 0.0358. The fraction of sp³-hybridized carbons (Fsp3) is 0.105. The molecule has 0 aliphatic carbocycles. The summed E-state index contributed by atoms with van der Waals surface area (Å²) in [6.45, 7) is 4.89. The van der Waals surface area contributed by atoms with Crippen LogP contribution in [0.4, 0.5) is 0 Å². The molecular weight excluding hydrogens is 290 g/mol. The standard InChI is InChI=1S/C19H15NOS/c1-13-18-16(15-9-5-6-10-17(15)22-18)11-12-20(13)19(21)14-7-3-2-4-8-14/h2-10H,1,11-12H2. The predicted molar refractivity (Wildman–Crippen MR) is 92.0 cm³/mol. The molecule has 0 spiro atoms. The van der Waals surface area contributed by atoms with Gasteiger partial charge in [-0.2, -0.15) is 0 Å². The zero-order chi connectivity index (χ0) is 15.1. The molecule has 0 atom stereocenters. The van der Waals surface area contributed by atoms with Gasteiger partial charge >= 0.3 is 0 Å². The first-order valence-electron chi connectivity index (χ1n) is 7.32. The number of benzene rings is 2. The van der Waals surface area contributed by atoms with Gasteiger partial charge in [-0.15, -0.1) is 11.3 Å². The van der Waals surface area contributed by atoms with E-state index in [1.54, 1.807) is 11.3 Å². The molecule has 108 valence electrons. The number of amides is 1. The number of hydrogen-bond donors (Lipinski definition) is 0. The van der Waals surface area contributed by atoms with Crippen molar-refractivity contribution in [2.75, 3.05) is 6.54 Å². The number of nitrogens with zero attached hydrogens (tertiary/aromatic N) is 1. The van der Waals surface area contributed by atoms with E-state index in [-0.39, 0.29) is 5.91 Å². The maximum atomic E-state index is 12.7. The lowest BCUT2D eigenvalue weighted by atomic mass is 10.0. The summed E-state index contributed by atoms with van der Waals surface area (Å²) in [5.41, 5.74) is 2.88. The Labute approximate surface area is 133 Å². The highest BCUT2D eigenvalue weighted by Crippen LogP contribution is 2.40. The van der Waals surface area contributed by atoms with Crippen LogP contribution in [0.5, 0.6) is 0 Å². The van der Waals surface area contributed by atoms with Crippen molar-refractivity contribution in [2.24, 2.45) is 0 Å². The van der Waals surface area contributed by atoms with E-state index in [0.29, 0.717) is 12.1 Å². The smallest absolute Gasteiger partial charge is 0.258 e. The van der Waals surface area contributed by atoms with E-state index in [1.165, 1.54) is 15.6 Å². The highest BCUT2D eigenvalue weighted by Gasteiger charge is 2.28. The zero-order valence-electron chi connectivity index (χ0n) is 12.1. The van der Waals surface area contributed by atoms with Crippen LogP contribution in [-0.4, -0.2) is 17.4 Å². The lowest BCUT2D eigenvalue weighted by molar-refractivity contribution is 0.0834. The fourth-order valence-electron chi connectivity index (χ4n) is 3.02. The Hall–Kier alpha value is -2.39. The molecule has 3 heteroatoms. The van der Waals surface area contributed by atoms with Crippen molar-refractivity contribution in [3.63, 3.8) is 0 Å². The molecule has 0 bridgehead atoms. The van der Waals surface area contributed by atoms with Gasteiger partial charge < -0.3 is 4.90 Å². The van der Waals surface area contributed by atoms with Gasteiger partial charge in [0.25, 0.3) is 5.91 Å². The average molecular weight is 305 g/mol. The molecule has 0 unspecified atom stereocenters. The molecule has 1 aliphatic rings. The Morgan fingerprint density at radius 2 is 1.77 bits per heavy atom. The molecule has 2 aromatic carbocycles. The highest BCUT2D eigenvalue weighted by atomic mass is 32.1. The molecular formula is C19H15NOS. The van der Waals surface area contributed by atoms with Crippen molar-refractivity contribution in [1.82, 2.24) is 4.90 Å². The third-order valence-electron chi connectivity index (χ3n) is 4.14. The van der Waals surface area contributed by atoms with Crippen molar-refractivity contribution >= 4 is 33.0 Å². The van der Waals surface area contributed by atoms with Crippen LogP contribution in [0.3, 0.4) is 0 Å². The monoisotopic (exact) mass is 305 g/mol. The summed E-state index contributed by atoms with van der Waals surface area (Å²) in [4.78, 5) is 15.7. The third-order valence-corrected chi connectivity index (χ3v) is 5.40. The maximum absolute atomic E-state index is 12.7. The molecule has 1 amide bonds. The minimum atomic E-state index is 0.0358. The van der Waals surface area contributed by atoms with Gasteiger partial charge in [-0.25, -0.2) is 0 Å². The molecule has 0 radical (unpaired) electrons. The minimum Gasteiger partial charge on any atom is -0.307 e. The molecule has 1 aromatic heterocycles. The van der Waals surface area contributed by atoms with Crippen LogP contribution in [0.15, 0.2) is 61.2 Å². The SMILES string of the molecule is C=C1c2sc3ccccc3c2CCN1C(=O)c1ccccc1. The van der Waals surface area contributed by atoms with Crippen LogP contribution in [-0.2, 0) is 6.42 Å². The van der Waals surface area contributed by atoms with E-state index in [4.69, 9.17) is 0 Å². The molecule has 0 fully saturated rings. The van der Waals surface area contributed by atoms with Crippen LogP contribution in [0.2, 0.25) is 0 Å². The normalized spacial score (nSPS) is 14.2. The van der Waals surface area contributed by atoms with E-state index in [0.717, 1.165) is 17.0 Å². The summed E-state index contributed by atoms with van der Waals surface area (Å²) >= 11 is 1.73. The zero-order valence-corrected chi connectivity index (χ0v) is 12.9. The van der Waals surface area contributed by atoms with Crippen molar-refractivity contribution in [1.29, 1.82) is 0 Å². The molecule has 4 rings (SSSR count). The second-order valence-electron chi connectivity index (χ2n) is 5.43. The van der Waals surface area contributed by atoms with Crippen molar-refractivity contribution in [3.8, 4) is 0 Å². The Morgan fingerprint density at radius 1 is 1.05 bits per heavy atom. The average Bonchev–Trinajstić information content (AvgIpc) is 2.95. The van der Waals surface area contributed by atoms with Gasteiger partial charge in [-0.1, -0.05) is 43.0 Å².